The quantitative estimate of drug-likeness (QED) is 0.497. The Bertz CT molecular complexity index is 873. The first-order valence-corrected chi connectivity index (χ1v) is 8.70. The van der Waals surface area contributed by atoms with Crippen LogP contribution in [0.25, 0.3) is 6.08 Å². The molecule has 1 aliphatic heterocycles. The van der Waals surface area contributed by atoms with Gasteiger partial charge >= 0.3 is 0 Å². The first kappa shape index (κ1) is 18.6. The van der Waals surface area contributed by atoms with E-state index < -0.39 is 4.92 Å². The van der Waals surface area contributed by atoms with Gasteiger partial charge in [0, 0.05) is 42.7 Å². The lowest BCUT2D eigenvalue weighted by Crippen LogP contribution is -2.36. The Morgan fingerprint density at radius 1 is 1.22 bits per heavy atom. The molecule has 7 heteroatoms. The van der Waals surface area contributed by atoms with Crippen LogP contribution in [0.2, 0.25) is 0 Å². The minimum Gasteiger partial charge on any atom is -0.378 e. The van der Waals surface area contributed by atoms with Crippen molar-refractivity contribution in [1.82, 2.24) is 0 Å². The number of ether oxygens (including phenoxy) is 1. The van der Waals surface area contributed by atoms with E-state index in [-0.39, 0.29) is 11.6 Å². The van der Waals surface area contributed by atoms with Crippen molar-refractivity contribution < 1.29 is 14.5 Å². The number of morpholine rings is 1. The fraction of sp³-hybridized carbons (Fsp3) is 0.250. The summed E-state index contributed by atoms with van der Waals surface area (Å²) in [5, 5.41) is 13.6. The standard InChI is InChI=1S/C20H21N3O4/c1-15-13-17(22-9-11-27-12-10-22)6-7-19(15)21-20(24)8-5-16-3-2-4-18(14-16)23(25)26/h2-8,13-14H,9-12H2,1H3,(H,21,24)/b8-5+. The van der Waals surface area contributed by atoms with Gasteiger partial charge in [0.2, 0.25) is 5.91 Å². The summed E-state index contributed by atoms with van der Waals surface area (Å²) < 4.78 is 5.37. The number of carbonyl (C=O) groups is 1. The van der Waals surface area contributed by atoms with E-state index in [2.05, 4.69) is 10.2 Å². The lowest BCUT2D eigenvalue weighted by Gasteiger charge is -2.29. The topological polar surface area (TPSA) is 84.7 Å². The molecule has 1 fully saturated rings. The average Bonchev–Trinajstić information content (AvgIpc) is 2.69. The molecule has 1 aliphatic rings. The summed E-state index contributed by atoms with van der Waals surface area (Å²) in [6.45, 7) is 5.11. The van der Waals surface area contributed by atoms with Crippen LogP contribution in [-0.4, -0.2) is 37.1 Å². The predicted octanol–water partition coefficient (Wildman–Crippen LogP) is 3.39. The molecule has 7 nitrogen and oxygen atoms in total. The van der Waals surface area contributed by atoms with Gasteiger partial charge in [0.25, 0.3) is 5.69 Å². The third-order valence-corrected chi connectivity index (χ3v) is 4.35. The van der Waals surface area contributed by atoms with Gasteiger partial charge in [0.1, 0.15) is 0 Å². The van der Waals surface area contributed by atoms with E-state index in [4.69, 9.17) is 4.74 Å². The highest BCUT2D eigenvalue weighted by Gasteiger charge is 2.12. The van der Waals surface area contributed by atoms with Crippen molar-refractivity contribution in [3.63, 3.8) is 0 Å². The minimum atomic E-state index is -0.462. The molecular weight excluding hydrogens is 346 g/mol. The van der Waals surface area contributed by atoms with Crippen LogP contribution in [0.1, 0.15) is 11.1 Å². The molecule has 2 aromatic carbocycles. The summed E-state index contributed by atoms with van der Waals surface area (Å²) in [5.41, 5.74) is 3.41. The highest BCUT2D eigenvalue weighted by atomic mass is 16.6. The van der Waals surface area contributed by atoms with Crippen LogP contribution in [-0.2, 0) is 9.53 Å². The Balaban J connectivity index is 1.65. The lowest BCUT2D eigenvalue weighted by molar-refractivity contribution is -0.384. The van der Waals surface area contributed by atoms with Gasteiger partial charge < -0.3 is 15.0 Å². The maximum atomic E-state index is 12.2. The molecule has 1 heterocycles. The highest BCUT2D eigenvalue weighted by molar-refractivity contribution is 6.02. The van der Waals surface area contributed by atoms with Crippen LogP contribution in [0.4, 0.5) is 17.1 Å². The van der Waals surface area contributed by atoms with Gasteiger partial charge in [-0.05, 0) is 42.3 Å². The summed E-state index contributed by atoms with van der Waals surface area (Å²) in [7, 11) is 0. The van der Waals surface area contributed by atoms with Gasteiger partial charge in [-0.3, -0.25) is 14.9 Å². The average molecular weight is 367 g/mol. The fourth-order valence-corrected chi connectivity index (χ4v) is 2.89. The molecule has 0 spiro atoms. The minimum absolute atomic E-state index is 0.00731. The van der Waals surface area contributed by atoms with E-state index in [0.717, 1.165) is 43.2 Å². The molecule has 0 saturated carbocycles. The number of aryl methyl sites for hydroxylation is 1. The molecule has 0 unspecified atom stereocenters. The van der Waals surface area contributed by atoms with Gasteiger partial charge in [0.05, 0.1) is 18.1 Å². The third-order valence-electron chi connectivity index (χ3n) is 4.35. The molecule has 27 heavy (non-hydrogen) atoms. The summed E-state index contributed by atoms with van der Waals surface area (Å²) >= 11 is 0. The first-order valence-electron chi connectivity index (χ1n) is 8.70. The second-order valence-electron chi connectivity index (χ2n) is 6.27. The summed E-state index contributed by atoms with van der Waals surface area (Å²) in [4.78, 5) is 24.8. The Kier molecular flexibility index (Phi) is 5.83. The first-order chi connectivity index (χ1) is 13.0. The van der Waals surface area contributed by atoms with Crippen molar-refractivity contribution in [2.75, 3.05) is 36.5 Å². The van der Waals surface area contributed by atoms with Crippen LogP contribution in [0.3, 0.4) is 0 Å². The molecule has 0 bridgehead atoms. The molecule has 0 radical (unpaired) electrons. The van der Waals surface area contributed by atoms with Crippen LogP contribution < -0.4 is 10.2 Å². The number of benzene rings is 2. The van der Waals surface area contributed by atoms with Crippen molar-refractivity contribution >= 4 is 29.0 Å². The monoisotopic (exact) mass is 367 g/mol. The number of nitrogens with one attached hydrogen (secondary N) is 1. The third kappa shape index (κ3) is 4.92. The van der Waals surface area contributed by atoms with E-state index in [1.807, 2.05) is 25.1 Å². The zero-order valence-corrected chi connectivity index (χ0v) is 15.1. The lowest BCUT2D eigenvalue weighted by atomic mass is 10.1. The number of hydrogen-bond donors (Lipinski definition) is 1. The number of amides is 1. The Labute approximate surface area is 157 Å². The van der Waals surface area contributed by atoms with Crippen LogP contribution in [0.5, 0.6) is 0 Å². The van der Waals surface area contributed by atoms with Crippen molar-refractivity contribution in [3.05, 3.63) is 69.8 Å². The van der Waals surface area contributed by atoms with Gasteiger partial charge in [-0.2, -0.15) is 0 Å². The normalized spacial score (nSPS) is 14.3. The number of anilines is 2. The summed E-state index contributed by atoms with van der Waals surface area (Å²) in [6, 6.07) is 12.1. The smallest absolute Gasteiger partial charge is 0.270 e. The second-order valence-corrected chi connectivity index (χ2v) is 6.27. The molecule has 3 rings (SSSR count). The number of hydrogen-bond acceptors (Lipinski definition) is 5. The van der Waals surface area contributed by atoms with E-state index in [9.17, 15) is 14.9 Å². The Hall–Kier alpha value is -3.19. The Morgan fingerprint density at radius 2 is 2.00 bits per heavy atom. The zero-order chi connectivity index (χ0) is 19.2. The molecule has 0 aromatic heterocycles. The van der Waals surface area contributed by atoms with Gasteiger partial charge in [0.15, 0.2) is 0 Å². The van der Waals surface area contributed by atoms with Crippen LogP contribution in [0, 0.1) is 17.0 Å². The summed E-state index contributed by atoms with van der Waals surface area (Å²) in [6.07, 6.45) is 2.92. The molecule has 0 aliphatic carbocycles. The molecule has 140 valence electrons. The van der Waals surface area contributed by atoms with Crippen molar-refractivity contribution in [2.24, 2.45) is 0 Å². The molecule has 2 aromatic rings. The number of nitro groups is 1. The summed E-state index contributed by atoms with van der Waals surface area (Å²) in [5.74, 6) is -0.288. The van der Waals surface area contributed by atoms with Crippen molar-refractivity contribution in [1.29, 1.82) is 0 Å². The van der Waals surface area contributed by atoms with Gasteiger partial charge in [-0.1, -0.05) is 12.1 Å². The Morgan fingerprint density at radius 3 is 2.70 bits per heavy atom. The van der Waals surface area contributed by atoms with Crippen molar-refractivity contribution in [3.8, 4) is 0 Å². The maximum absolute atomic E-state index is 12.2. The van der Waals surface area contributed by atoms with Crippen LogP contribution in [0.15, 0.2) is 48.5 Å². The number of non-ortho nitro benzene ring substituents is 1. The second kappa shape index (κ2) is 8.46. The predicted molar refractivity (Wildman–Crippen MR) is 105 cm³/mol. The van der Waals surface area contributed by atoms with Gasteiger partial charge in [-0.25, -0.2) is 0 Å². The maximum Gasteiger partial charge on any atom is 0.270 e. The SMILES string of the molecule is Cc1cc(N2CCOCC2)ccc1NC(=O)/C=C/c1cccc([N+](=O)[O-])c1. The molecule has 1 N–H and O–H groups in total. The van der Waals surface area contributed by atoms with E-state index in [1.54, 1.807) is 18.2 Å². The van der Waals surface area contributed by atoms with Gasteiger partial charge in [-0.15, -0.1) is 0 Å². The zero-order valence-electron chi connectivity index (χ0n) is 15.1. The van der Waals surface area contributed by atoms with E-state index in [0.29, 0.717) is 5.56 Å². The highest BCUT2D eigenvalue weighted by Crippen LogP contribution is 2.23. The number of nitrogens with zero attached hydrogens (tertiary/aromatic N) is 2. The van der Waals surface area contributed by atoms with Crippen LogP contribution >= 0.6 is 0 Å². The number of nitro benzene ring substituents is 1. The van der Waals surface area contributed by atoms with Crippen molar-refractivity contribution in [2.45, 2.75) is 6.92 Å². The largest absolute Gasteiger partial charge is 0.378 e. The van der Waals surface area contributed by atoms with E-state index >= 15 is 0 Å². The molecule has 1 amide bonds. The fourth-order valence-electron chi connectivity index (χ4n) is 2.89. The number of rotatable bonds is 5. The molecule has 0 atom stereocenters. The van der Waals surface area contributed by atoms with E-state index in [1.165, 1.54) is 18.2 Å². The molecule has 1 saturated heterocycles. The molecular formula is C20H21N3O4. The number of carbonyl (C=O) groups excluding carboxylic acids is 1.